The van der Waals surface area contributed by atoms with Gasteiger partial charge in [-0.05, 0) is 24.3 Å². The van der Waals surface area contributed by atoms with E-state index in [1.54, 1.807) is 36.2 Å². The number of benzene rings is 2. The number of nitro groups is 1. The zero-order valence-electron chi connectivity index (χ0n) is 10.7. The number of para-hydroxylation sites is 1. The Morgan fingerprint density at radius 1 is 1.20 bits per heavy atom. The van der Waals surface area contributed by atoms with Crippen LogP contribution in [0.4, 0.5) is 17.1 Å². The number of nitro benzene ring substituents is 1. The number of carbonyl (C=O) groups is 1. The SMILES string of the molecule is CN(c1ccccc1)c1cc(C(=O)O)ccc1[N+](=O)[O-]. The maximum Gasteiger partial charge on any atom is 0.335 e. The molecule has 0 saturated carbocycles. The molecule has 0 aromatic heterocycles. The van der Waals surface area contributed by atoms with Gasteiger partial charge in [-0.15, -0.1) is 0 Å². The van der Waals surface area contributed by atoms with E-state index in [1.165, 1.54) is 18.2 Å². The van der Waals surface area contributed by atoms with Crippen molar-refractivity contribution in [3.63, 3.8) is 0 Å². The Bertz CT molecular complexity index is 655. The van der Waals surface area contributed by atoms with E-state index in [2.05, 4.69) is 0 Å². The maximum absolute atomic E-state index is 11.1. The van der Waals surface area contributed by atoms with Gasteiger partial charge in [0.1, 0.15) is 5.69 Å². The summed E-state index contributed by atoms with van der Waals surface area (Å²) in [5.41, 5.74) is 0.842. The topological polar surface area (TPSA) is 83.7 Å². The van der Waals surface area contributed by atoms with Gasteiger partial charge < -0.3 is 10.0 Å². The first-order chi connectivity index (χ1) is 9.50. The van der Waals surface area contributed by atoms with E-state index in [0.717, 1.165) is 5.69 Å². The van der Waals surface area contributed by atoms with Gasteiger partial charge in [0.15, 0.2) is 0 Å². The largest absolute Gasteiger partial charge is 0.478 e. The van der Waals surface area contributed by atoms with E-state index in [-0.39, 0.29) is 16.9 Å². The maximum atomic E-state index is 11.1. The van der Waals surface area contributed by atoms with Crippen LogP contribution in [0.25, 0.3) is 0 Å². The fourth-order valence-electron chi connectivity index (χ4n) is 1.87. The van der Waals surface area contributed by atoms with Crippen LogP contribution in [0.1, 0.15) is 10.4 Å². The predicted molar refractivity (Wildman–Crippen MR) is 74.6 cm³/mol. The molecule has 0 bridgehead atoms. The summed E-state index contributed by atoms with van der Waals surface area (Å²) in [7, 11) is 1.66. The predicted octanol–water partition coefficient (Wildman–Crippen LogP) is 3.06. The molecule has 20 heavy (non-hydrogen) atoms. The summed E-state index contributed by atoms with van der Waals surface area (Å²) < 4.78 is 0. The third kappa shape index (κ3) is 2.59. The standard InChI is InChI=1S/C14H12N2O4/c1-15(11-5-3-2-4-6-11)13-9-10(14(17)18)7-8-12(13)16(19)20/h2-9H,1H3,(H,17,18). The second-order valence-corrected chi connectivity index (χ2v) is 4.16. The van der Waals surface area contributed by atoms with Gasteiger partial charge in [0.2, 0.25) is 0 Å². The molecule has 0 aliphatic rings. The van der Waals surface area contributed by atoms with Gasteiger partial charge in [-0.1, -0.05) is 18.2 Å². The Balaban J connectivity index is 2.55. The highest BCUT2D eigenvalue weighted by molar-refractivity contribution is 5.90. The Morgan fingerprint density at radius 3 is 2.40 bits per heavy atom. The van der Waals surface area contributed by atoms with E-state index in [9.17, 15) is 14.9 Å². The van der Waals surface area contributed by atoms with Crippen LogP contribution in [-0.2, 0) is 0 Å². The second-order valence-electron chi connectivity index (χ2n) is 4.16. The minimum atomic E-state index is -1.12. The third-order valence-electron chi connectivity index (χ3n) is 2.92. The smallest absolute Gasteiger partial charge is 0.335 e. The number of rotatable bonds is 4. The van der Waals surface area contributed by atoms with Crippen molar-refractivity contribution in [3.8, 4) is 0 Å². The highest BCUT2D eigenvalue weighted by Gasteiger charge is 2.20. The lowest BCUT2D eigenvalue weighted by atomic mass is 10.1. The molecule has 6 nitrogen and oxygen atoms in total. The molecule has 2 aromatic carbocycles. The van der Waals surface area contributed by atoms with Crippen molar-refractivity contribution in [1.82, 2.24) is 0 Å². The third-order valence-corrected chi connectivity index (χ3v) is 2.92. The van der Waals surface area contributed by atoms with Crippen LogP contribution in [0, 0.1) is 10.1 Å². The van der Waals surface area contributed by atoms with Gasteiger partial charge in [0.05, 0.1) is 10.5 Å². The molecule has 2 rings (SSSR count). The average Bonchev–Trinajstić information content (AvgIpc) is 2.46. The number of hydrogen-bond acceptors (Lipinski definition) is 4. The quantitative estimate of drug-likeness (QED) is 0.683. The van der Waals surface area contributed by atoms with E-state index in [4.69, 9.17) is 5.11 Å². The van der Waals surface area contributed by atoms with Crippen LogP contribution in [0.15, 0.2) is 48.5 Å². The lowest BCUT2D eigenvalue weighted by Gasteiger charge is -2.19. The van der Waals surface area contributed by atoms with Crippen LogP contribution in [0.2, 0.25) is 0 Å². The summed E-state index contributed by atoms with van der Waals surface area (Å²) in [6.45, 7) is 0. The Morgan fingerprint density at radius 2 is 1.85 bits per heavy atom. The lowest BCUT2D eigenvalue weighted by Crippen LogP contribution is -2.12. The van der Waals surface area contributed by atoms with Crippen molar-refractivity contribution in [3.05, 3.63) is 64.2 Å². The number of carboxylic acid groups (broad SMARTS) is 1. The van der Waals surface area contributed by atoms with Crippen LogP contribution >= 0.6 is 0 Å². The molecule has 2 aromatic rings. The normalized spacial score (nSPS) is 10.1. The van der Waals surface area contributed by atoms with Gasteiger partial charge in [-0.25, -0.2) is 4.79 Å². The first-order valence-corrected chi connectivity index (χ1v) is 5.81. The average molecular weight is 272 g/mol. The van der Waals surface area contributed by atoms with Gasteiger partial charge >= 0.3 is 5.97 Å². The summed E-state index contributed by atoms with van der Waals surface area (Å²) in [5.74, 6) is -1.12. The van der Waals surface area contributed by atoms with Crippen molar-refractivity contribution in [1.29, 1.82) is 0 Å². The van der Waals surface area contributed by atoms with Gasteiger partial charge in [-0.3, -0.25) is 10.1 Å². The summed E-state index contributed by atoms with van der Waals surface area (Å²) in [4.78, 5) is 23.1. The second kappa shape index (κ2) is 5.40. The zero-order valence-corrected chi connectivity index (χ0v) is 10.7. The Hall–Kier alpha value is -2.89. The highest BCUT2D eigenvalue weighted by Crippen LogP contribution is 2.33. The zero-order chi connectivity index (χ0) is 14.7. The summed E-state index contributed by atoms with van der Waals surface area (Å²) in [6.07, 6.45) is 0. The summed E-state index contributed by atoms with van der Waals surface area (Å²) in [6, 6.07) is 12.7. The van der Waals surface area contributed by atoms with Crippen molar-refractivity contribution in [2.75, 3.05) is 11.9 Å². The molecule has 0 fully saturated rings. The molecule has 0 aliphatic carbocycles. The number of hydrogen-bond donors (Lipinski definition) is 1. The molecule has 0 radical (unpaired) electrons. The molecule has 0 amide bonds. The van der Waals surface area contributed by atoms with Gasteiger partial charge in [-0.2, -0.15) is 0 Å². The van der Waals surface area contributed by atoms with Crippen molar-refractivity contribution >= 4 is 23.0 Å². The lowest BCUT2D eigenvalue weighted by molar-refractivity contribution is -0.384. The highest BCUT2D eigenvalue weighted by atomic mass is 16.6. The molecule has 0 heterocycles. The number of carboxylic acids is 1. The summed E-state index contributed by atoms with van der Waals surface area (Å²) in [5, 5.41) is 20.1. The van der Waals surface area contributed by atoms with Crippen LogP contribution in [0.3, 0.4) is 0 Å². The van der Waals surface area contributed by atoms with E-state index < -0.39 is 10.9 Å². The van der Waals surface area contributed by atoms with E-state index in [1.807, 2.05) is 6.07 Å². The number of anilines is 2. The monoisotopic (exact) mass is 272 g/mol. The fraction of sp³-hybridized carbons (Fsp3) is 0.0714. The molecule has 0 atom stereocenters. The number of aromatic carboxylic acids is 1. The molecule has 6 heteroatoms. The molecule has 0 spiro atoms. The molecule has 0 unspecified atom stereocenters. The van der Waals surface area contributed by atoms with Crippen LogP contribution < -0.4 is 4.90 Å². The molecule has 1 N–H and O–H groups in total. The van der Waals surface area contributed by atoms with Crippen LogP contribution in [0.5, 0.6) is 0 Å². The Kier molecular flexibility index (Phi) is 3.65. The first-order valence-electron chi connectivity index (χ1n) is 5.81. The molecule has 0 aliphatic heterocycles. The van der Waals surface area contributed by atoms with Gasteiger partial charge in [0.25, 0.3) is 5.69 Å². The Labute approximate surface area is 115 Å². The van der Waals surface area contributed by atoms with Crippen LogP contribution in [-0.4, -0.2) is 23.0 Å². The van der Waals surface area contributed by atoms with Crippen molar-refractivity contribution in [2.45, 2.75) is 0 Å². The number of nitrogens with zero attached hydrogens (tertiary/aromatic N) is 2. The fourth-order valence-corrected chi connectivity index (χ4v) is 1.87. The molecular formula is C14H12N2O4. The molecular weight excluding hydrogens is 260 g/mol. The van der Waals surface area contributed by atoms with Crippen molar-refractivity contribution in [2.24, 2.45) is 0 Å². The minimum Gasteiger partial charge on any atom is -0.478 e. The summed E-state index contributed by atoms with van der Waals surface area (Å²) >= 11 is 0. The first kappa shape index (κ1) is 13.5. The van der Waals surface area contributed by atoms with Crippen molar-refractivity contribution < 1.29 is 14.8 Å². The van der Waals surface area contributed by atoms with E-state index >= 15 is 0 Å². The van der Waals surface area contributed by atoms with E-state index in [0.29, 0.717) is 0 Å². The molecule has 0 saturated heterocycles. The van der Waals surface area contributed by atoms with Gasteiger partial charge in [0, 0.05) is 18.8 Å². The minimum absolute atomic E-state index is 0.00776. The molecule has 102 valence electrons.